The summed E-state index contributed by atoms with van der Waals surface area (Å²) in [4.78, 5) is 0. The minimum absolute atomic E-state index is 0.0469. The molecule has 2 aromatic rings. The standard InChI is InChI=1S/C12H11Br2NO/c13-9-3-1-8(2-4-9)7-11(15)10-5-6-16-12(10)14/h1-6,11H,7,15H2. The first kappa shape index (κ1) is 11.9. The average Bonchev–Trinajstić information content (AvgIpc) is 2.68. The fourth-order valence-corrected chi connectivity index (χ4v) is 2.35. The molecule has 1 heterocycles. The quantitative estimate of drug-likeness (QED) is 0.912. The second-order valence-corrected chi connectivity index (χ2v) is 5.22. The molecule has 0 amide bonds. The predicted octanol–water partition coefficient (Wildman–Crippen LogP) is 4.05. The Labute approximate surface area is 111 Å². The summed E-state index contributed by atoms with van der Waals surface area (Å²) in [7, 11) is 0. The molecule has 16 heavy (non-hydrogen) atoms. The van der Waals surface area contributed by atoms with E-state index in [2.05, 4.69) is 44.0 Å². The van der Waals surface area contributed by atoms with Crippen molar-refractivity contribution in [1.29, 1.82) is 0 Å². The second-order valence-electron chi connectivity index (χ2n) is 3.59. The molecule has 0 aliphatic heterocycles. The third kappa shape index (κ3) is 2.75. The fourth-order valence-electron chi connectivity index (χ4n) is 1.55. The summed E-state index contributed by atoms with van der Waals surface area (Å²) in [5.74, 6) is 0. The summed E-state index contributed by atoms with van der Waals surface area (Å²) < 4.78 is 6.97. The lowest BCUT2D eigenvalue weighted by Gasteiger charge is -2.10. The number of hydrogen-bond donors (Lipinski definition) is 1. The topological polar surface area (TPSA) is 39.2 Å². The van der Waals surface area contributed by atoms with Gasteiger partial charge in [0.15, 0.2) is 4.67 Å². The van der Waals surface area contributed by atoms with E-state index in [4.69, 9.17) is 10.2 Å². The van der Waals surface area contributed by atoms with E-state index in [0.717, 1.165) is 21.1 Å². The molecule has 1 aromatic carbocycles. The van der Waals surface area contributed by atoms with E-state index < -0.39 is 0 Å². The van der Waals surface area contributed by atoms with Crippen molar-refractivity contribution in [2.75, 3.05) is 0 Å². The van der Waals surface area contributed by atoms with Crippen LogP contribution in [0.1, 0.15) is 17.2 Å². The number of hydrogen-bond acceptors (Lipinski definition) is 2. The van der Waals surface area contributed by atoms with Gasteiger partial charge in [0.25, 0.3) is 0 Å². The summed E-state index contributed by atoms with van der Waals surface area (Å²) in [6.45, 7) is 0. The van der Waals surface area contributed by atoms with Gasteiger partial charge in [-0.2, -0.15) is 0 Å². The molecule has 1 unspecified atom stereocenters. The van der Waals surface area contributed by atoms with Gasteiger partial charge in [0.05, 0.1) is 6.26 Å². The number of halogens is 2. The highest BCUT2D eigenvalue weighted by Gasteiger charge is 2.12. The van der Waals surface area contributed by atoms with Crippen LogP contribution in [-0.4, -0.2) is 0 Å². The maximum Gasteiger partial charge on any atom is 0.173 e. The van der Waals surface area contributed by atoms with Crippen molar-refractivity contribution < 1.29 is 4.42 Å². The Morgan fingerprint density at radius 3 is 2.38 bits per heavy atom. The van der Waals surface area contributed by atoms with Crippen LogP contribution in [0.4, 0.5) is 0 Å². The first-order valence-electron chi connectivity index (χ1n) is 4.89. The summed E-state index contributed by atoms with van der Waals surface area (Å²) in [6, 6.07) is 10.0. The monoisotopic (exact) mass is 343 g/mol. The van der Waals surface area contributed by atoms with Crippen molar-refractivity contribution in [3.8, 4) is 0 Å². The lowest BCUT2D eigenvalue weighted by Crippen LogP contribution is -2.12. The second kappa shape index (κ2) is 5.17. The zero-order chi connectivity index (χ0) is 11.5. The Balaban J connectivity index is 2.10. The van der Waals surface area contributed by atoms with Gasteiger partial charge in [-0.25, -0.2) is 0 Å². The van der Waals surface area contributed by atoms with Crippen LogP contribution in [0.3, 0.4) is 0 Å². The molecule has 0 aliphatic rings. The maximum absolute atomic E-state index is 6.11. The van der Waals surface area contributed by atoms with E-state index in [1.807, 2.05) is 18.2 Å². The third-order valence-corrected chi connectivity index (χ3v) is 3.59. The number of rotatable bonds is 3. The molecule has 2 N–H and O–H groups in total. The molecule has 0 spiro atoms. The van der Waals surface area contributed by atoms with E-state index in [-0.39, 0.29) is 6.04 Å². The predicted molar refractivity (Wildman–Crippen MR) is 71.2 cm³/mol. The van der Waals surface area contributed by atoms with E-state index in [1.54, 1.807) is 6.26 Å². The van der Waals surface area contributed by atoms with Crippen LogP contribution in [-0.2, 0) is 6.42 Å². The number of furan rings is 1. The van der Waals surface area contributed by atoms with E-state index >= 15 is 0 Å². The minimum atomic E-state index is -0.0469. The minimum Gasteiger partial charge on any atom is -0.457 e. The molecule has 2 rings (SSSR count). The van der Waals surface area contributed by atoms with Crippen molar-refractivity contribution in [2.24, 2.45) is 5.73 Å². The van der Waals surface area contributed by atoms with Crippen molar-refractivity contribution in [3.63, 3.8) is 0 Å². The average molecular weight is 345 g/mol. The number of benzene rings is 1. The highest BCUT2D eigenvalue weighted by atomic mass is 79.9. The van der Waals surface area contributed by atoms with Crippen LogP contribution >= 0.6 is 31.9 Å². The van der Waals surface area contributed by atoms with Gasteiger partial charge in [-0.3, -0.25) is 0 Å². The Morgan fingerprint density at radius 1 is 1.12 bits per heavy atom. The molecule has 0 radical (unpaired) electrons. The van der Waals surface area contributed by atoms with Crippen molar-refractivity contribution in [1.82, 2.24) is 0 Å². The molecule has 4 heteroatoms. The van der Waals surface area contributed by atoms with Crippen molar-refractivity contribution in [2.45, 2.75) is 12.5 Å². The molecule has 2 nitrogen and oxygen atoms in total. The van der Waals surface area contributed by atoms with Crippen LogP contribution in [0.15, 0.2) is 50.2 Å². The van der Waals surface area contributed by atoms with Gasteiger partial charge in [-0.15, -0.1) is 0 Å². The summed E-state index contributed by atoms with van der Waals surface area (Å²) in [6.07, 6.45) is 2.44. The molecule has 0 fully saturated rings. The van der Waals surface area contributed by atoms with Gasteiger partial charge in [-0.1, -0.05) is 28.1 Å². The van der Waals surface area contributed by atoms with E-state index in [1.165, 1.54) is 5.56 Å². The van der Waals surface area contributed by atoms with Gasteiger partial charge in [0.1, 0.15) is 0 Å². The Hall–Kier alpha value is -0.580. The van der Waals surface area contributed by atoms with Gasteiger partial charge in [0.2, 0.25) is 0 Å². The van der Waals surface area contributed by atoms with Gasteiger partial charge >= 0.3 is 0 Å². The maximum atomic E-state index is 6.11. The van der Waals surface area contributed by atoms with Crippen molar-refractivity contribution in [3.05, 3.63) is 56.9 Å². The first-order chi connectivity index (χ1) is 7.66. The molecule has 84 valence electrons. The van der Waals surface area contributed by atoms with Gasteiger partial charge < -0.3 is 10.2 Å². The first-order valence-corrected chi connectivity index (χ1v) is 6.48. The molecule has 0 aliphatic carbocycles. The molecule has 0 saturated heterocycles. The summed E-state index contributed by atoms with van der Waals surface area (Å²) >= 11 is 6.75. The Bertz CT molecular complexity index is 464. The molecular formula is C12H11Br2NO. The third-order valence-electron chi connectivity index (χ3n) is 2.41. The summed E-state index contributed by atoms with van der Waals surface area (Å²) in [5, 5.41) is 0. The normalized spacial score (nSPS) is 12.7. The Kier molecular flexibility index (Phi) is 3.84. The van der Waals surface area contributed by atoms with Gasteiger partial charge in [-0.05, 0) is 46.1 Å². The van der Waals surface area contributed by atoms with E-state index in [9.17, 15) is 0 Å². The Morgan fingerprint density at radius 2 is 1.81 bits per heavy atom. The molecule has 0 bridgehead atoms. The van der Waals surface area contributed by atoms with Crippen LogP contribution in [0.5, 0.6) is 0 Å². The van der Waals surface area contributed by atoms with Crippen molar-refractivity contribution >= 4 is 31.9 Å². The molecule has 1 aromatic heterocycles. The molecule has 1 atom stereocenters. The fraction of sp³-hybridized carbons (Fsp3) is 0.167. The molecular weight excluding hydrogens is 334 g/mol. The SMILES string of the molecule is NC(Cc1ccc(Br)cc1)c1ccoc1Br. The zero-order valence-corrected chi connectivity index (χ0v) is 11.7. The largest absolute Gasteiger partial charge is 0.457 e. The zero-order valence-electron chi connectivity index (χ0n) is 8.49. The lowest BCUT2D eigenvalue weighted by atomic mass is 10.0. The van der Waals surface area contributed by atoms with E-state index in [0.29, 0.717) is 0 Å². The van der Waals surface area contributed by atoms with Crippen LogP contribution in [0, 0.1) is 0 Å². The van der Waals surface area contributed by atoms with Crippen LogP contribution in [0.2, 0.25) is 0 Å². The molecule has 0 saturated carbocycles. The lowest BCUT2D eigenvalue weighted by molar-refractivity contribution is 0.531. The number of nitrogens with two attached hydrogens (primary N) is 1. The van der Waals surface area contributed by atoms with Crippen LogP contribution in [0.25, 0.3) is 0 Å². The van der Waals surface area contributed by atoms with Crippen LogP contribution < -0.4 is 5.73 Å². The smallest absolute Gasteiger partial charge is 0.173 e. The summed E-state index contributed by atoms with van der Waals surface area (Å²) in [5.41, 5.74) is 8.32. The van der Waals surface area contributed by atoms with Gasteiger partial charge in [0, 0.05) is 16.1 Å². The highest BCUT2D eigenvalue weighted by Crippen LogP contribution is 2.25. The highest BCUT2D eigenvalue weighted by molar-refractivity contribution is 9.10.